The molecule has 142 valence electrons. The Hall–Kier alpha value is -2.60. The Morgan fingerprint density at radius 2 is 1.75 bits per heavy atom. The van der Waals surface area contributed by atoms with Crippen LogP contribution in [0.15, 0.2) is 77.9 Å². The first-order valence-corrected chi connectivity index (χ1v) is 10.6. The summed E-state index contributed by atoms with van der Waals surface area (Å²) in [5, 5.41) is 2.46. The minimum absolute atomic E-state index is 0.131. The van der Waals surface area contributed by atoms with Crippen molar-refractivity contribution < 1.29 is 0 Å². The summed E-state index contributed by atoms with van der Waals surface area (Å²) in [6, 6.07) is 15.6. The third-order valence-corrected chi connectivity index (χ3v) is 6.19. The van der Waals surface area contributed by atoms with E-state index < -0.39 is 0 Å². The van der Waals surface area contributed by atoms with E-state index in [-0.39, 0.29) is 5.41 Å². The Morgan fingerprint density at radius 3 is 2.54 bits per heavy atom. The summed E-state index contributed by atoms with van der Waals surface area (Å²) >= 11 is 0. The molecule has 2 aromatic rings. The summed E-state index contributed by atoms with van der Waals surface area (Å²) in [4.78, 5) is 0. The largest absolute Gasteiger partial charge is 0.0918 e. The highest BCUT2D eigenvalue weighted by Crippen LogP contribution is 2.37. The standard InChI is InChI=1S/C28H30/c1-5-15-28(4)16-13-21(6-2)26(14-17-28)27-24-10-8-7-9-22(24)19-23-18-20(3)11-12-25(23)27/h7-14,16-18H,3,5-6,15,19H2,1-2,4H3. The highest BCUT2D eigenvalue weighted by atomic mass is 14.3. The van der Waals surface area contributed by atoms with Crippen molar-refractivity contribution in [1.82, 2.24) is 0 Å². The lowest BCUT2D eigenvalue weighted by atomic mass is 9.81. The summed E-state index contributed by atoms with van der Waals surface area (Å²) in [5.74, 6) is 0. The molecule has 0 saturated carbocycles. The Labute approximate surface area is 169 Å². The van der Waals surface area contributed by atoms with Gasteiger partial charge >= 0.3 is 0 Å². The predicted octanol–water partition coefficient (Wildman–Crippen LogP) is 5.84. The van der Waals surface area contributed by atoms with Crippen LogP contribution in [0, 0.1) is 5.41 Å². The van der Waals surface area contributed by atoms with Gasteiger partial charge in [0.05, 0.1) is 0 Å². The summed E-state index contributed by atoms with van der Waals surface area (Å²) < 4.78 is 0. The van der Waals surface area contributed by atoms with Crippen molar-refractivity contribution in [2.24, 2.45) is 5.41 Å². The Bertz CT molecular complexity index is 1110. The molecule has 2 aliphatic carbocycles. The fourth-order valence-electron chi connectivity index (χ4n) is 4.67. The molecule has 0 N–H and O–H groups in total. The number of rotatable bonds is 4. The van der Waals surface area contributed by atoms with Crippen LogP contribution in [0.4, 0.5) is 0 Å². The molecular formula is C28H30. The molecule has 28 heavy (non-hydrogen) atoms. The zero-order chi connectivity index (χ0) is 19.7. The molecule has 0 fully saturated rings. The molecule has 4 rings (SSSR count). The van der Waals surface area contributed by atoms with Crippen molar-refractivity contribution in [3.8, 4) is 0 Å². The molecule has 0 heterocycles. The molecule has 0 saturated heterocycles. The van der Waals surface area contributed by atoms with Crippen LogP contribution in [0.3, 0.4) is 0 Å². The van der Waals surface area contributed by atoms with E-state index in [0.29, 0.717) is 0 Å². The smallest absolute Gasteiger partial charge is 0.00391 e. The fourth-order valence-corrected chi connectivity index (χ4v) is 4.67. The second-order valence-electron chi connectivity index (χ2n) is 8.42. The van der Waals surface area contributed by atoms with Crippen molar-refractivity contribution in [3.05, 3.63) is 105 Å². The third kappa shape index (κ3) is 3.33. The number of allylic oxidation sites excluding steroid dienone is 6. The van der Waals surface area contributed by atoms with Crippen LogP contribution < -0.4 is 10.4 Å². The van der Waals surface area contributed by atoms with Gasteiger partial charge < -0.3 is 0 Å². The van der Waals surface area contributed by atoms with E-state index in [0.717, 1.165) is 18.1 Å². The zero-order valence-corrected chi connectivity index (χ0v) is 17.4. The van der Waals surface area contributed by atoms with Crippen LogP contribution in [0.2, 0.25) is 0 Å². The number of hydrogen-bond donors (Lipinski definition) is 0. The van der Waals surface area contributed by atoms with Crippen LogP contribution in [0.1, 0.15) is 56.7 Å². The maximum Gasteiger partial charge on any atom is 0.00391 e. The highest BCUT2D eigenvalue weighted by molar-refractivity contribution is 5.86. The van der Waals surface area contributed by atoms with Gasteiger partial charge in [-0.1, -0.05) is 101 Å². The van der Waals surface area contributed by atoms with Crippen LogP contribution in [-0.4, -0.2) is 0 Å². The first-order valence-electron chi connectivity index (χ1n) is 10.6. The molecule has 2 aliphatic rings. The quantitative estimate of drug-likeness (QED) is 0.638. The molecule has 0 nitrogen and oxygen atoms in total. The minimum atomic E-state index is 0.131. The average molecular weight is 367 g/mol. The monoisotopic (exact) mass is 366 g/mol. The first kappa shape index (κ1) is 18.7. The second kappa shape index (κ2) is 7.43. The van der Waals surface area contributed by atoms with E-state index in [1.807, 2.05) is 0 Å². The molecule has 1 atom stereocenters. The van der Waals surface area contributed by atoms with Gasteiger partial charge in [-0.2, -0.15) is 0 Å². The molecule has 2 aromatic carbocycles. The second-order valence-corrected chi connectivity index (χ2v) is 8.42. The third-order valence-electron chi connectivity index (χ3n) is 6.19. The number of benzene rings is 2. The fraction of sp³-hybridized carbons (Fsp3) is 0.286. The van der Waals surface area contributed by atoms with Gasteiger partial charge in [0.2, 0.25) is 0 Å². The normalized spacial score (nSPS) is 20.8. The van der Waals surface area contributed by atoms with Gasteiger partial charge in [0, 0.05) is 5.41 Å². The first-order chi connectivity index (χ1) is 13.5. The molecule has 0 heteroatoms. The highest BCUT2D eigenvalue weighted by Gasteiger charge is 2.23. The molecule has 0 spiro atoms. The van der Waals surface area contributed by atoms with Crippen LogP contribution in [0.25, 0.3) is 12.2 Å². The minimum Gasteiger partial charge on any atom is -0.0918 e. The van der Waals surface area contributed by atoms with Crippen LogP contribution in [-0.2, 0) is 6.42 Å². The molecule has 0 aromatic heterocycles. The van der Waals surface area contributed by atoms with Gasteiger partial charge in [0.25, 0.3) is 0 Å². The van der Waals surface area contributed by atoms with E-state index >= 15 is 0 Å². The predicted molar refractivity (Wildman–Crippen MR) is 122 cm³/mol. The van der Waals surface area contributed by atoms with E-state index in [1.165, 1.54) is 51.5 Å². The van der Waals surface area contributed by atoms with Gasteiger partial charge in [0.15, 0.2) is 0 Å². The summed E-state index contributed by atoms with van der Waals surface area (Å²) in [7, 11) is 0. The molecule has 0 amide bonds. The molecular weight excluding hydrogens is 336 g/mol. The zero-order valence-electron chi connectivity index (χ0n) is 17.4. The Morgan fingerprint density at radius 1 is 0.964 bits per heavy atom. The topological polar surface area (TPSA) is 0 Å². The van der Waals surface area contributed by atoms with Crippen molar-refractivity contribution >= 4 is 12.2 Å². The number of hydrogen-bond acceptors (Lipinski definition) is 0. The lowest BCUT2D eigenvalue weighted by molar-refractivity contribution is 0.492. The van der Waals surface area contributed by atoms with Crippen molar-refractivity contribution in [2.75, 3.05) is 0 Å². The number of fused-ring (bicyclic) bond motifs is 2. The molecule has 0 bridgehead atoms. The summed E-state index contributed by atoms with van der Waals surface area (Å²) in [6.45, 7) is 11.0. The Kier molecular flexibility index (Phi) is 4.98. The lowest BCUT2D eigenvalue weighted by Gasteiger charge is -2.23. The molecule has 0 radical (unpaired) electrons. The van der Waals surface area contributed by atoms with Crippen molar-refractivity contribution in [3.63, 3.8) is 0 Å². The van der Waals surface area contributed by atoms with E-state index in [9.17, 15) is 0 Å². The van der Waals surface area contributed by atoms with Gasteiger partial charge in [-0.15, -0.1) is 0 Å². The molecule has 1 unspecified atom stereocenters. The van der Waals surface area contributed by atoms with E-state index in [4.69, 9.17) is 0 Å². The van der Waals surface area contributed by atoms with Gasteiger partial charge in [0.1, 0.15) is 0 Å². The van der Waals surface area contributed by atoms with E-state index in [2.05, 4.69) is 94.1 Å². The maximum absolute atomic E-state index is 4.16. The van der Waals surface area contributed by atoms with E-state index in [1.54, 1.807) is 0 Å². The van der Waals surface area contributed by atoms with Crippen LogP contribution >= 0.6 is 0 Å². The maximum atomic E-state index is 4.16. The average Bonchev–Trinajstić information content (AvgIpc) is 2.85. The van der Waals surface area contributed by atoms with Gasteiger partial charge in [-0.25, -0.2) is 0 Å². The van der Waals surface area contributed by atoms with Crippen molar-refractivity contribution in [2.45, 2.75) is 46.5 Å². The Balaban J connectivity index is 2.02. The van der Waals surface area contributed by atoms with Crippen molar-refractivity contribution in [1.29, 1.82) is 0 Å². The van der Waals surface area contributed by atoms with Gasteiger partial charge in [-0.05, 0) is 63.1 Å². The molecule has 0 aliphatic heterocycles. The van der Waals surface area contributed by atoms with Crippen LogP contribution in [0.5, 0.6) is 0 Å². The lowest BCUT2D eigenvalue weighted by Crippen LogP contribution is -2.23. The summed E-state index contributed by atoms with van der Waals surface area (Å²) in [6.07, 6.45) is 14.0. The SMILES string of the molecule is C=c1ccc2c(c1)Cc1ccccc1C=2C1=C(CC)C=CC(C)(CCC)C=C1. The van der Waals surface area contributed by atoms with Gasteiger partial charge in [-0.3, -0.25) is 0 Å². The summed E-state index contributed by atoms with van der Waals surface area (Å²) in [5.41, 5.74) is 8.50.